The molecule has 3 aromatic rings. The molecule has 0 spiro atoms. The van der Waals surface area contributed by atoms with Crippen LogP contribution in [0.4, 0.5) is 5.69 Å². The first-order valence-corrected chi connectivity index (χ1v) is 14.0. The molecule has 208 valence electrons. The second kappa shape index (κ2) is 13.4. The Bertz CT molecular complexity index is 1210. The maximum Gasteiger partial charge on any atom is 0.248 e. The van der Waals surface area contributed by atoms with E-state index in [2.05, 4.69) is 5.32 Å². The van der Waals surface area contributed by atoms with E-state index in [-0.39, 0.29) is 24.3 Å². The van der Waals surface area contributed by atoms with E-state index in [1.54, 1.807) is 48.4 Å². The molecule has 0 aliphatic heterocycles. The van der Waals surface area contributed by atoms with Crippen molar-refractivity contribution in [2.75, 3.05) is 33.3 Å². The smallest absolute Gasteiger partial charge is 0.248 e. The number of hydrogen-bond donors (Lipinski definition) is 1. The molecule has 0 bridgehead atoms. The van der Waals surface area contributed by atoms with Crippen molar-refractivity contribution in [1.29, 1.82) is 0 Å². The summed E-state index contributed by atoms with van der Waals surface area (Å²) in [5.41, 5.74) is 1.13. The maximum atomic E-state index is 14.2. The van der Waals surface area contributed by atoms with Crippen LogP contribution in [0.2, 0.25) is 0 Å². The molecule has 39 heavy (non-hydrogen) atoms. The Morgan fingerprint density at radius 3 is 2.13 bits per heavy atom. The van der Waals surface area contributed by atoms with Gasteiger partial charge in [0, 0.05) is 16.6 Å². The first kappa shape index (κ1) is 28.3. The van der Waals surface area contributed by atoms with Crippen molar-refractivity contribution in [3.05, 3.63) is 64.4 Å². The highest BCUT2D eigenvalue weighted by Gasteiger charge is 2.35. The van der Waals surface area contributed by atoms with Crippen molar-refractivity contribution in [2.45, 2.75) is 50.6 Å². The molecule has 0 saturated heterocycles. The first-order valence-electron chi connectivity index (χ1n) is 13.1. The largest absolute Gasteiger partial charge is 0.497 e. The van der Waals surface area contributed by atoms with Crippen LogP contribution < -0.4 is 29.2 Å². The number of nitrogens with zero attached hydrogens (tertiary/aromatic N) is 1. The van der Waals surface area contributed by atoms with Crippen LogP contribution in [0.25, 0.3) is 0 Å². The number of carbonyl (C=O) groups is 2. The molecule has 1 aliphatic rings. The predicted molar refractivity (Wildman–Crippen MR) is 152 cm³/mol. The van der Waals surface area contributed by atoms with Crippen LogP contribution in [0.15, 0.2) is 53.9 Å². The molecule has 0 radical (unpaired) electrons. The topological polar surface area (TPSA) is 86.3 Å². The number of benzene rings is 2. The number of methoxy groups -OCH3 is 4. The van der Waals surface area contributed by atoms with Gasteiger partial charge in [0.15, 0.2) is 11.5 Å². The third kappa shape index (κ3) is 6.65. The first-order chi connectivity index (χ1) is 19.0. The van der Waals surface area contributed by atoms with E-state index in [4.69, 9.17) is 18.9 Å². The highest BCUT2D eigenvalue weighted by Crippen LogP contribution is 2.42. The quantitative estimate of drug-likeness (QED) is 0.336. The van der Waals surface area contributed by atoms with E-state index in [1.165, 1.54) is 39.1 Å². The van der Waals surface area contributed by atoms with Gasteiger partial charge in [0.05, 0.1) is 34.9 Å². The zero-order valence-corrected chi connectivity index (χ0v) is 23.7. The van der Waals surface area contributed by atoms with E-state index >= 15 is 0 Å². The van der Waals surface area contributed by atoms with Gasteiger partial charge in [-0.1, -0.05) is 25.3 Å². The normalized spacial score (nSPS) is 14.3. The maximum absolute atomic E-state index is 14.2. The van der Waals surface area contributed by atoms with Crippen molar-refractivity contribution in [1.82, 2.24) is 5.32 Å². The summed E-state index contributed by atoms with van der Waals surface area (Å²) in [4.78, 5) is 30.7. The lowest BCUT2D eigenvalue weighted by Gasteiger charge is -2.34. The summed E-state index contributed by atoms with van der Waals surface area (Å²) in [6.45, 7) is 0. The monoisotopic (exact) mass is 552 g/mol. The standard InChI is InChI=1S/C30H36N2O6S/c1-35-23-14-12-22(13-15-23)32(27(33)19-24-11-8-16-39-24)28(30(34)31-21-9-6-5-7-10-21)20-17-25(36-2)29(38-4)26(18-20)37-3/h8,11-18,21,28H,5-7,9-10,19H2,1-4H3,(H,31,34). The number of ether oxygens (including phenoxy) is 4. The third-order valence-corrected chi connectivity index (χ3v) is 7.86. The van der Waals surface area contributed by atoms with Crippen LogP contribution >= 0.6 is 11.3 Å². The predicted octanol–water partition coefficient (Wildman–Crippen LogP) is 5.55. The second-order valence-electron chi connectivity index (χ2n) is 9.42. The number of amides is 2. The Morgan fingerprint density at radius 2 is 1.59 bits per heavy atom. The average molecular weight is 553 g/mol. The van der Waals surface area contributed by atoms with Crippen molar-refractivity contribution < 1.29 is 28.5 Å². The fraction of sp³-hybridized carbons (Fsp3) is 0.400. The number of nitrogens with one attached hydrogen (secondary N) is 1. The molecule has 2 aromatic carbocycles. The van der Waals surface area contributed by atoms with Gasteiger partial charge in [-0.05, 0) is 66.2 Å². The van der Waals surface area contributed by atoms with Gasteiger partial charge < -0.3 is 24.3 Å². The Labute approximate surface area is 233 Å². The summed E-state index contributed by atoms with van der Waals surface area (Å²) in [6, 6.07) is 13.5. The van der Waals surface area contributed by atoms with Crippen LogP contribution in [-0.2, 0) is 16.0 Å². The summed E-state index contributed by atoms with van der Waals surface area (Å²) in [6.07, 6.45) is 5.29. The molecule has 8 nitrogen and oxygen atoms in total. The van der Waals surface area contributed by atoms with Crippen molar-refractivity contribution in [3.8, 4) is 23.0 Å². The molecule has 1 heterocycles. The minimum Gasteiger partial charge on any atom is -0.497 e. The molecule has 1 unspecified atom stereocenters. The summed E-state index contributed by atoms with van der Waals surface area (Å²) < 4.78 is 22.1. The van der Waals surface area contributed by atoms with Crippen LogP contribution in [0.5, 0.6) is 23.0 Å². The van der Waals surface area contributed by atoms with E-state index in [0.717, 1.165) is 30.6 Å². The zero-order chi connectivity index (χ0) is 27.8. The molecule has 9 heteroatoms. The lowest BCUT2D eigenvalue weighted by atomic mass is 9.94. The van der Waals surface area contributed by atoms with Gasteiger partial charge in [-0.3, -0.25) is 14.5 Å². The summed E-state index contributed by atoms with van der Waals surface area (Å²) in [5.74, 6) is 1.41. The summed E-state index contributed by atoms with van der Waals surface area (Å²) >= 11 is 1.51. The zero-order valence-electron chi connectivity index (χ0n) is 22.9. The number of carbonyl (C=O) groups excluding carboxylic acids is 2. The molecular formula is C30H36N2O6S. The van der Waals surface area contributed by atoms with Gasteiger partial charge in [-0.2, -0.15) is 0 Å². The third-order valence-electron chi connectivity index (χ3n) is 6.99. The van der Waals surface area contributed by atoms with Gasteiger partial charge in [0.25, 0.3) is 0 Å². The Kier molecular flexibility index (Phi) is 9.70. The molecule has 1 atom stereocenters. The van der Waals surface area contributed by atoms with Crippen molar-refractivity contribution in [3.63, 3.8) is 0 Å². The molecule has 1 aromatic heterocycles. The van der Waals surface area contributed by atoms with Gasteiger partial charge in [0.1, 0.15) is 11.8 Å². The Balaban J connectivity index is 1.85. The van der Waals surface area contributed by atoms with Gasteiger partial charge in [-0.15, -0.1) is 11.3 Å². The number of hydrogen-bond acceptors (Lipinski definition) is 7. The Morgan fingerprint density at radius 1 is 0.923 bits per heavy atom. The van der Waals surface area contributed by atoms with Crippen LogP contribution in [-0.4, -0.2) is 46.3 Å². The lowest BCUT2D eigenvalue weighted by Crippen LogP contribution is -2.47. The molecule has 1 aliphatic carbocycles. The second-order valence-corrected chi connectivity index (χ2v) is 10.5. The van der Waals surface area contributed by atoms with Crippen molar-refractivity contribution in [2.24, 2.45) is 0 Å². The summed E-state index contributed by atoms with van der Waals surface area (Å²) in [7, 11) is 6.18. The van der Waals surface area contributed by atoms with Crippen molar-refractivity contribution >= 4 is 28.8 Å². The highest BCUT2D eigenvalue weighted by molar-refractivity contribution is 7.10. The van der Waals surface area contributed by atoms with Gasteiger partial charge >= 0.3 is 0 Å². The molecular weight excluding hydrogens is 516 g/mol. The van der Waals surface area contributed by atoms with Crippen LogP contribution in [0.1, 0.15) is 48.6 Å². The summed E-state index contributed by atoms with van der Waals surface area (Å²) in [5, 5.41) is 5.18. The molecule has 1 N–H and O–H groups in total. The number of thiophene rings is 1. The fourth-order valence-corrected chi connectivity index (χ4v) is 5.73. The van der Waals surface area contributed by atoms with Gasteiger partial charge in [-0.25, -0.2) is 0 Å². The average Bonchev–Trinajstić information content (AvgIpc) is 3.48. The van der Waals surface area contributed by atoms with Crippen LogP contribution in [0, 0.1) is 0 Å². The van der Waals surface area contributed by atoms with E-state index in [1.807, 2.05) is 17.5 Å². The molecule has 2 amide bonds. The molecule has 1 saturated carbocycles. The Hall–Kier alpha value is -3.72. The fourth-order valence-electron chi connectivity index (χ4n) is 5.03. The van der Waals surface area contributed by atoms with E-state index < -0.39 is 6.04 Å². The molecule has 1 fully saturated rings. The van der Waals surface area contributed by atoms with E-state index in [9.17, 15) is 9.59 Å². The van der Waals surface area contributed by atoms with Gasteiger partial charge in [0.2, 0.25) is 17.6 Å². The highest BCUT2D eigenvalue weighted by atomic mass is 32.1. The minimum absolute atomic E-state index is 0.0564. The number of rotatable bonds is 11. The molecule has 4 rings (SSSR count). The SMILES string of the molecule is COc1ccc(N(C(=O)Cc2cccs2)C(C(=O)NC2CCCCC2)c2cc(OC)c(OC)c(OC)c2)cc1. The lowest BCUT2D eigenvalue weighted by molar-refractivity contribution is -0.127. The van der Waals surface area contributed by atoms with E-state index in [0.29, 0.717) is 34.2 Å². The minimum atomic E-state index is -0.985. The number of anilines is 1. The van der Waals surface area contributed by atoms with Crippen LogP contribution in [0.3, 0.4) is 0 Å².